The molecule has 1 aliphatic heterocycles. The van der Waals surface area contributed by atoms with E-state index in [4.69, 9.17) is 10.5 Å². The van der Waals surface area contributed by atoms with Crippen LogP contribution < -0.4 is 21.1 Å². The molecule has 0 atom stereocenters. The van der Waals surface area contributed by atoms with Gasteiger partial charge >= 0.3 is 0 Å². The zero-order chi connectivity index (χ0) is 14.7. The maximum Gasteiger partial charge on any atom is 0.262 e. The van der Waals surface area contributed by atoms with Crippen LogP contribution >= 0.6 is 0 Å². The van der Waals surface area contributed by atoms with Gasteiger partial charge in [-0.1, -0.05) is 0 Å². The van der Waals surface area contributed by atoms with Gasteiger partial charge in [-0.05, 0) is 30.2 Å². The average Bonchev–Trinajstić information content (AvgIpc) is 2.49. The van der Waals surface area contributed by atoms with E-state index in [1.54, 1.807) is 24.5 Å². The van der Waals surface area contributed by atoms with Crippen LogP contribution in [0.3, 0.4) is 0 Å². The van der Waals surface area contributed by atoms with Gasteiger partial charge in [-0.2, -0.15) is 0 Å². The molecule has 108 valence electrons. The fourth-order valence-corrected chi connectivity index (χ4v) is 2.19. The summed E-state index contributed by atoms with van der Waals surface area (Å²) in [6.45, 7) is 0.767. The van der Waals surface area contributed by atoms with E-state index in [1.807, 2.05) is 12.1 Å². The molecule has 0 bridgehead atoms. The lowest BCUT2D eigenvalue weighted by molar-refractivity contribution is -0.118. The Balaban J connectivity index is 1.68. The summed E-state index contributed by atoms with van der Waals surface area (Å²) in [5, 5.41) is 6.04. The average molecular weight is 284 g/mol. The Morgan fingerprint density at radius 3 is 2.95 bits per heavy atom. The highest BCUT2D eigenvalue weighted by Crippen LogP contribution is 2.35. The molecule has 1 aromatic heterocycles. The van der Waals surface area contributed by atoms with Crippen molar-refractivity contribution in [1.82, 2.24) is 4.98 Å². The number of nitrogens with one attached hydrogen (secondary N) is 2. The van der Waals surface area contributed by atoms with Gasteiger partial charge in [0.1, 0.15) is 5.75 Å². The molecular weight excluding hydrogens is 268 g/mol. The summed E-state index contributed by atoms with van der Waals surface area (Å²) in [6, 6.07) is 7.48. The lowest BCUT2D eigenvalue weighted by atomic mass is 10.1. The Morgan fingerprint density at radius 2 is 2.14 bits per heavy atom. The highest BCUT2D eigenvalue weighted by Gasteiger charge is 2.17. The molecule has 4 N–H and O–H groups in total. The molecule has 0 saturated carbocycles. The van der Waals surface area contributed by atoms with Crippen molar-refractivity contribution in [3.63, 3.8) is 0 Å². The minimum Gasteiger partial charge on any atom is -0.482 e. The molecule has 0 saturated heterocycles. The van der Waals surface area contributed by atoms with Crippen molar-refractivity contribution in [2.45, 2.75) is 6.42 Å². The van der Waals surface area contributed by atoms with Crippen LogP contribution in [0.15, 0.2) is 36.7 Å². The minimum absolute atomic E-state index is 0.0290. The third-order valence-corrected chi connectivity index (χ3v) is 3.26. The number of nitrogens with two attached hydrogens (primary N) is 1. The van der Waals surface area contributed by atoms with E-state index in [2.05, 4.69) is 15.6 Å². The quantitative estimate of drug-likeness (QED) is 0.743. The number of amides is 1. The molecule has 0 spiro atoms. The number of hydrogen-bond donors (Lipinski definition) is 3. The van der Waals surface area contributed by atoms with Crippen LogP contribution in [-0.2, 0) is 11.2 Å². The van der Waals surface area contributed by atoms with Crippen molar-refractivity contribution in [3.8, 4) is 5.75 Å². The van der Waals surface area contributed by atoms with Gasteiger partial charge in [-0.25, -0.2) is 0 Å². The molecule has 0 unspecified atom stereocenters. The van der Waals surface area contributed by atoms with Gasteiger partial charge in [0.05, 0.1) is 17.1 Å². The molecular formula is C15H16N4O2. The summed E-state index contributed by atoms with van der Waals surface area (Å²) < 4.78 is 5.32. The highest BCUT2D eigenvalue weighted by molar-refractivity contribution is 5.97. The highest BCUT2D eigenvalue weighted by atomic mass is 16.5. The lowest BCUT2D eigenvalue weighted by Crippen LogP contribution is -2.25. The van der Waals surface area contributed by atoms with Crippen LogP contribution in [0.1, 0.15) is 5.56 Å². The molecule has 21 heavy (non-hydrogen) atoms. The summed E-state index contributed by atoms with van der Waals surface area (Å²) in [6.07, 6.45) is 4.41. The smallest absolute Gasteiger partial charge is 0.262 e. The molecule has 6 heteroatoms. The van der Waals surface area contributed by atoms with Gasteiger partial charge in [0.2, 0.25) is 0 Å². The van der Waals surface area contributed by atoms with E-state index >= 15 is 0 Å². The molecule has 0 fully saturated rings. The Kier molecular flexibility index (Phi) is 3.59. The van der Waals surface area contributed by atoms with Crippen LogP contribution in [0.25, 0.3) is 0 Å². The van der Waals surface area contributed by atoms with E-state index in [0.717, 1.165) is 18.7 Å². The number of benzene rings is 1. The second-order valence-electron chi connectivity index (χ2n) is 4.80. The van der Waals surface area contributed by atoms with Crippen molar-refractivity contribution in [1.29, 1.82) is 0 Å². The zero-order valence-electron chi connectivity index (χ0n) is 11.4. The number of carbonyl (C=O) groups is 1. The Bertz CT molecular complexity index is 658. The topological polar surface area (TPSA) is 89.3 Å². The van der Waals surface area contributed by atoms with E-state index in [1.165, 1.54) is 5.56 Å². The van der Waals surface area contributed by atoms with Crippen molar-refractivity contribution in [2.75, 3.05) is 29.5 Å². The lowest BCUT2D eigenvalue weighted by Gasteiger charge is -2.20. The van der Waals surface area contributed by atoms with Crippen LogP contribution in [0.5, 0.6) is 5.75 Å². The van der Waals surface area contributed by atoms with Gasteiger partial charge in [0, 0.05) is 25.0 Å². The molecule has 3 rings (SSSR count). The maximum absolute atomic E-state index is 11.3. The fourth-order valence-electron chi connectivity index (χ4n) is 2.19. The van der Waals surface area contributed by atoms with Crippen molar-refractivity contribution >= 4 is 23.0 Å². The largest absolute Gasteiger partial charge is 0.482 e. The standard InChI is InChI=1S/C15H16N4O2/c16-11-7-14-13(19-15(20)9-21-14)8-12(11)18-6-3-10-1-4-17-5-2-10/h1-2,4-5,7-8,18H,3,6,9,16H2,(H,19,20). The normalized spacial score (nSPS) is 13.0. The van der Waals surface area contributed by atoms with Gasteiger partial charge in [-0.3, -0.25) is 9.78 Å². The fraction of sp³-hybridized carbons (Fsp3) is 0.200. The van der Waals surface area contributed by atoms with Crippen LogP contribution in [0.4, 0.5) is 17.1 Å². The van der Waals surface area contributed by atoms with Gasteiger partial charge in [-0.15, -0.1) is 0 Å². The number of anilines is 3. The Hall–Kier alpha value is -2.76. The van der Waals surface area contributed by atoms with Crippen LogP contribution in [-0.4, -0.2) is 24.0 Å². The Labute approximate surface area is 122 Å². The third kappa shape index (κ3) is 3.05. The second-order valence-corrected chi connectivity index (χ2v) is 4.80. The monoisotopic (exact) mass is 284 g/mol. The number of rotatable bonds is 4. The second kappa shape index (κ2) is 5.70. The molecule has 2 aromatic rings. The number of aromatic nitrogens is 1. The van der Waals surface area contributed by atoms with Gasteiger partial charge in [0.15, 0.2) is 6.61 Å². The number of nitrogen functional groups attached to an aromatic ring is 1. The number of nitrogens with zero attached hydrogens (tertiary/aromatic N) is 1. The molecule has 2 heterocycles. The number of ether oxygens (including phenoxy) is 1. The zero-order valence-corrected chi connectivity index (χ0v) is 11.4. The number of fused-ring (bicyclic) bond motifs is 1. The molecule has 1 aliphatic rings. The molecule has 1 aromatic carbocycles. The number of carbonyl (C=O) groups excluding carboxylic acids is 1. The van der Waals surface area contributed by atoms with Crippen LogP contribution in [0.2, 0.25) is 0 Å². The predicted octanol–water partition coefficient (Wildman–Crippen LogP) is 1.65. The van der Waals surface area contributed by atoms with Gasteiger partial charge in [0.25, 0.3) is 5.91 Å². The summed E-state index contributed by atoms with van der Waals surface area (Å²) in [7, 11) is 0. The number of hydrogen-bond acceptors (Lipinski definition) is 5. The van der Waals surface area contributed by atoms with Gasteiger partial charge < -0.3 is 21.1 Å². The van der Waals surface area contributed by atoms with Crippen molar-refractivity contribution in [3.05, 3.63) is 42.2 Å². The first kappa shape index (κ1) is 13.2. The van der Waals surface area contributed by atoms with Crippen molar-refractivity contribution in [2.24, 2.45) is 0 Å². The maximum atomic E-state index is 11.3. The van der Waals surface area contributed by atoms with E-state index in [0.29, 0.717) is 17.1 Å². The number of pyridine rings is 1. The minimum atomic E-state index is -0.157. The summed E-state index contributed by atoms with van der Waals surface area (Å²) in [5.74, 6) is 0.446. The summed E-state index contributed by atoms with van der Waals surface area (Å²) in [5.41, 5.74) is 9.22. The molecule has 0 radical (unpaired) electrons. The first-order valence-corrected chi connectivity index (χ1v) is 6.71. The summed E-state index contributed by atoms with van der Waals surface area (Å²) >= 11 is 0. The predicted molar refractivity (Wildman–Crippen MR) is 81.4 cm³/mol. The first-order valence-electron chi connectivity index (χ1n) is 6.71. The Morgan fingerprint density at radius 1 is 1.33 bits per heavy atom. The third-order valence-electron chi connectivity index (χ3n) is 3.26. The molecule has 6 nitrogen and oxygen atoms in total. The van der Waals surface area contributed by atoms with E-state index in [9.17, 15) is 4.79 Å². The van der Waals surface area contributed by atoms with Crippen molar-refractivity contribution < 1.29 is 9.53 Å². The van der Waals surface area contributed by atoms with E-state index < -0.39 is 0 Å². The SMILES string of the molecule is Nc1cc2c(cc1NCCc1ccncc1)NC(=O)CO2. The molecule has 1 amide bonds. The molecule has 0 aliphatic carbocycles. The summed E-state index contributed by atoms with van der Waals surface area (Å²) in [4.78, 5) is 15.3. The van der Waals surface area contributed by atoms with E-state index in [-0.39, 0.29) is 12.5 Å². The first-order chi connectivity index (χ1) is 10.2. The van der Waals surface area contributed by atoms with Crippen LogP contribution in [0, 0.1) is 0 Å².